The number of fused-ring (bicyclic) bond motifs is 9. The van der Waals surface area contributed by atoms with Gasteiger partial charge < -0.3 is 0 Å². The Hall–Kier alpha value is -4.64. The molecular weight excluding hydrogens is 1540 g/mol. The quantitative estimate of drug-likeness (QED) is 0.149. The molecule has 4 aromatic rings. The molecule has 53 heteroatoms. The Kier molecular flexibility index (Phi) is 19.6. The Bertz CT molecular complexity index is 5280. The van der Waals surface area contributed by atoms with Crippen molar-refractivity contribution in [1.82, 2.24) is 0 Å². The van der Waals surface area contributed by atoms with E-state index < -0.39 is 216 Å². The van der Waals surface area contributed by atoms with E-state index >= 15 is 0 Å². The normalized spacial score (nSPS) is 28.8. The average Bonchev–Trinajstić information content (AvgIpc) is 1.56. The minimum atomic E-state index is -4.55. The van der Waals surface area contributed by atoms with Gasteiger partial charge in [-0.25, -0.2) is 17.6 Å². The highest BCUT2D eigenvalue weighted by Crippen LogP contribution is 2.51. The van der Waals surface area contributed by atoms with Crippen molar-refractivity contribution >= 4 is 142 Å². The largest absolute Gasteiger partial charge is 0.316 e. The minimum absolute atomic E-state index is 0.174. The maximum absolute atomic E-state index is 13.0. The molecule has 0 N–H and O–H groups in total. The van der Waals surface area contributed by atoms with E-state index in [4.69, 9.17) is 0 Å². The van der Waals surface area contributed by atoms with Crippen LogP contribution in [0.3, 0.4) is 0 Å². The van der Waals surface area contributed by atoms with Gasteiger partial charge in [-0.15, -0.1) is 25.4 Å². The summed E-state index contributed by atoms with van der Waals surface area (Å²) in [6.07, 6.45) is 4.19. The van der Waals surface area contributed by atoms with Crippen molar-refractivity contribution in [3.8, 4) is 0 Å². The van der Waals surface area contributed by atoms with Gasteiger partial charge in [0.25, 0.3) is 60.7 Å². The zero-order valence-electron chi connectivity index (χ0n) is 43.9. The molecule has 3 saturated heterocycles. The molecule has 4 aromatic carbocycles. The van der Waals surface area contributed by atoms with Gasteiger partial charge in [-0.3, -0.25) is 0 Å². The fourth-order valence-electron chi connectivity index (χ4n) is 8.62. The summed E-state index contributed by atoms with van der Waals surface area (Å²) in [7, 11) is -57.9. The molecule has 2 bridgehead atoms. The van der Waals surface area contributed by atoms with Crippen LogP contribution in [-0.4, -0.2) is 151 Å². The molecule has 0 amide bonds. The highest BCUT2D eigenvalue weighted by molar-refractivity contribution is 8.05. The van der Waals surface area contributed by atoms with Gasteiger partial charge >= 0.3 is 80.9 Å². The van der Waals surface area contributed by atoms with Crippen LogP contribution in [0, 0.1) is 41.0 Å². The smallest absolute Gasteiger partial charge is 0.207 e. The first-order valence-electron chi connectivity index (χ1n) is 23.1. The van der Waals surface area contributed by atoms with Crippen LogP contribution in [-0.2, 0) is 167 Å². The van der Waals surface area contributed by atoms with E-state index in [9.17, 15) is 135 Å². The van der Waals surface area contributed by atoms with E-state index in [1.54, 1.807) is 19.1 Å². The lowest BCUT2D eigenvalue weighted by Crippen LogP contribution is -2.32. The fourth-order valence-corrected chi connectivity index (χ4v) is 33.8. The van der Waals surface area contributed by atoms with Crippen molar-refractivity contribution in [2.75, 3.05) is 17.3 Å². The van der Waals surface area contributed by atoms with E-state index in [-0.39, 0.29) is 51.2 Å². The molecule has 35 nitrogen and oxygen atoms in total. The monoisotopic (exact) mass is 1570 g/mol. The van der Waals surface area contributed by atoms with Crippen LogP contribution in [0.4, 0.5) is 17.6 Å². The lowest BCUT2D eigenvalue weighted by Gasteiger charge is -2.16. The van der Waals surface area contributed by atoms with Crippen LogP contribution in [0.25, 0.3) is 0 Å². The summed E-state index contributed by atoms with van der Waals surface area (Å²) >= 11 is 0. The highest BCUT2D eigenvalue weighted by Gasteiger charge is 2.64. The van der Waals surface area contributed by atoms with Gasteiger partial charge in [-0.1, -0.05) is 37.3 Å². The summed E-state index contributed by atoms with van der Waals surface area (Å²) in [6.45, 7) is 2.84. The molecule has 1 saturated carbocycles. The summed E-state index contributed by atoms with van der Waals surface area (Å²) in [5, 5.41) is -2.65. The number of halogens is 4. The van der Waals surface area contributed by atoms with Gasteiger partial charge in [0.1, 0.15) is 61.7 Å². The molecular formula is C38H34F4O35S14. The molecule has 91 heavy (non-hydrogen) atoms. The molecule has 0 aromatic heterocycles. The topological polar surface area (TPSA) is 543 Å². The SMILES string of the molecule is CC1CS(=O)(=O)OS(=O)(=O)C1.CC1CS(=O)(=O)OS1(=O)=O.O=S1(=O)OS(=O)(=O)C2C3C=CC(C3)C21.O=S1(=O)OS(=O)(=O)c2c(F)cccc21.O=S1(=O)OS(=O)(=O)c2cc(F)c(F)cc21.O=S1(=O)OS(=O)(=O)c2cc(F)ccc21.O=S1(=O)OS(=O)(=O)c2ccccc21. The van der Waals surface area contributed by atoms with Crippen molar-refractivity contribution in [3.63, 3.8) is 0 Å². The van der Waals surface area contributed by atoms with Gasteiger partial charge in [-0.2, -0.15) is 118 Å². The third kappa shape index (κ3) is 15.9. The summed E-state index contributed by atoms with van der Waals surface area (Å²) in [4.78, 5) is -5.12. The number of allylic oxidation sites excluding steroid dienone is 2. The second kappa shape index (κ2) is 24.2. The second-order valence-electron chi connectivity index (χ2n) is 18.9. The van der Waals surface area contributed by atoms with E-state index in [0.717, 1.165) is 30.3 Å². The Morgan fingerprint density at radius 1 is 0.330 bits per heavy atom. The molecule has 4 fully saturated rings. The molecule has 0 radical (unpaired) electrons. The summed E-state index contributed by atoms with van der Waals surface area (Å²) in [5.74, 6) is -6.49. The first-order valence-corrected chi connectivity index (χ1v) is 43.5. The molecule has 5 atom stereocenters. The van der Waals surface area contributed by atoms with Crippen LogP contribution in [0.5, 0.6) is 0 Å². The predicted molar refractivity (Wildman–Crippen MR) is 286 cm³/mol. The maximum atomic E-state index is 13.0. The van der Waals surface area contributed by atoms with E-state index in [2.05, 4.69) is 25.4 Å². The lowest BCUT2D eigenvalue weighted by molar-refractivity contribution is 0.433. The molecule has 7 heterocycles. The first kappa shape index (κ1) is 73.8. The van der Waals surface area contributed by atoms with Gasteiger partial charge in [0.15, 0.2) is 16.5 Å². The van der Waals surface area contributed by atoms with Crippen LogP contribution >= 0.6 is 0 Å². The highest BCUT2D eigenvalue weighted by atomic mass is 32.3. The Balaban J connectivity index is 0.000000151. The molecule has 508 valence electrons. The second-order valence-corrected chi connectivity index (χ2v) is 42.6. The zero-order valence-corrected chi connectivity index (χ0v) is 55.3. The van der Waals surface area contributed by atoms with Gasteiger partial charge in [0, 0.05) is 0 Å². The number of benzene rings is 4. The van der Waals surface area contributed by atoms with E-state index in [0.29, 0.717) is 12.5 Å². The minimum Gasteiger partial charge on any atom is -0.207 e. The van der Waals surface area contributed by atoms with E-state index in [1.165, 1.54) is 31.2 Å². The number of rotatable bonds is 0. The van der Waals surface area contributed by atoms with Crippen molar-refractivity contribution in [2.24, 2.45) is 17.8 Å². The number of hydrogen-bond acceptors (Lipinski definition) is 35. The van der Waals surface area contributed by atoms with E-state index in [1.807, 2.05) is 0 Å². The third-order valence-corrected chi connectivity index (χ3v) is 37.2. The van der Waals surface area contributed by atoms with Crippen molar-refractivity contribution in [3.05, 3.63) is 108 Å². The molecule has 0 spiro atoms. The Morgan fingerprint density at radius 2 is 0.681 bits per heavy atom. The number of hydrogen-bond donors (Lipinski definition) is 0. The molecule has 7 aliphatic heterocycles. The van der Waals surface area contributed by atoms with Crippen LogP contribution < -0.4 is 0 Å². The van der Waals surface area contributed by atoms with Crippen molar-refractivity contribution < 1.29 is 161 Å². The molecule has 9 aliphatic rings. The van der Waals surface area contributed by atoms with Crippen molar-refractivity contribution in [2.45, 2.75) is 75.2 Å². The third-order valence-electron chi connectivity index (χ3n) is 12.0. The standard InChI is InChI=1S/C7H8O5S2.C6H2F2O5S2.2C6H3FO5S2.C6H4O5S2.C4H8O5S2.C3H6O5S2/c8-13(9)6-4-1-2-5(3-4)7(6)14(10,11)12-13;7-3-1-5-6(2-4(3)8)15(11,12)13-14(5,9)10;7-4-1-2-5-6(3-4)14(10,11)12-13(5,8)9;7-4-2-1-3-5-6(4)14(10,11)12-13(5,8)9;7-12(8)5-3-1-2-4-6(5)13(9,10)11-12;1-4-2-10(5,6)9-11(7,8)3-4;1-3-2-9(4,5)8-10(3,6)7/h1-2,4-7H,3H2;1-2H;2*1-3H;1-4H;4H,2-3H2,1H3;3H,2H2,1H3. The van der Waals surface area contributed by atoms with Crippen LogP contribution in [0.15, 0.2) is 124 Å². The molecule has 2 aliphatic carbocycles. The van der Waals surface area contributed by atoms with Gasteiger partial charge in [0.2, 0.25) is 0 Å². The molecule has 5 unspecified atom stereocenters. The molecule has 13 rings (SSSR count). The Labute approximate surface area is 516 Å². The van der Waals surface area contributed by atoms with Crippen molar-refractivity contribution in [1.29, 1.82) is 0 Å². The Morgan fingerprint density at radius 3 is 1.04 bits per heavy atom. The van der Waals surface area contributed by atoms with Gasteiger partial charge in [-0.05, 0) is 85.7 Å². The van der Waals surface area contributed by atoms with Crippen LogP contribution in [0.2, 0.25) is 0 Å². The summed E-state index contributed by atoms with van der Waals surface area (Å²) < 4.78 is 385. The van der Waals surface area contributed by atoms with Crippen LogP contribution in [0.1, 0.15) is 20.3 Å². The zero-order chi connectivity index (χ0) is 69.1. The summed E-state index contributed by atoms with van der Waals surface area (Å²) in [6, 6.07) is 11.0. The lowest BCUT2D eigenvalue weighted by atomic mass is 10.1. The fraction of sp³-hybridized carbons (Fsp3) is 0.316. The average molecular weight is 1580 g/mol. The van der Waals surface area contributed by atoms with Gasteiger partial charge in [0.05, 0.1) is 17.3 Å². The maximum Gasteiger partial charge on any atom is 0.316 e. The summed E-state index contributed by atoms with van der Waals surface area (Å²) in [5.41, 5.74) is 0. The predicted octanol–water partition coefficient (Wildman–Crippen LogP) is -1.07. The first-order chi connectivity index (χ1) is 40.9.